The number of likely N-dealkylation sites (N-methyl/N-ethyl adjacent to an activating group) is 1. The Kier molecular flexibility index (Phi) is 6.13. The van der Waals surface area contributed by atoms with Gasteiger partial charge in [-0.25, -0.2) is 4.39 Å². The molecule has 2 N–H and O–H groups in total. The molecule has 0 aliphatic carbocycles. The largest absolute Gasteiger partial charge is 0.354 e. The number of nitrogens with one attached hydrogen (secondary N) is 2. The Balaban J connectivity index is 1.67. The zero-order valence-corrected chi connectivity index (χ0v) is 16.0. The van der Waals surface area contributed by atoms with E-state index in [2.05, 4.69) is 15.6 Å². The van der Waals surface area contributed by atoms with Crippen molar-refractivity contribution in [2.24, 2.45) is 4.99 Å². The standard InChI is InChI=1S/C22H17FN4O3/c1-25-22(30)20-17(8-9-26-20)21(29)27-15-5-2-13(3-6-15)11-19(28)16-7-4-14(12-24)10-18(16)23/h2-7,9-10H,8,11H2,1H3,(H,25,30)(H,27,29). The zero-order valence-electron chi connectivity index (χ0n) is 16.0. The molecule has 0 spiro atoms. The molecule has 1 heterocycles. The van der Waals surface area contributed by atoms with Crippen molar-refractivity contribution in [1.29, 1.82) is 5.26 Å². The zero-order chi connectivity index (χ0) is 21.7. The topological polar surface area (TPSA) is 111 Å². The molecule has 2 amide bonds. The van der Waals surface area contributed by atoms with Crippen LogP contribution in [0, 0.1) is 17.1 Å². The minimum Gasteiger partial charge on any atom is -0.354 e. The molecular formula is C22H17FN4O3. The highest BCUT2D eigenvalue weighted by Gasteiger charge is 2.23. The summed E-state index contributed by atoms with van der Waals surface area (Å²) in [4.78, 5) is 40.5. The number of ketones is 1. The minimum atomic E-state index is -0.734. The number of halogens is 1. The van der Waals surface area contributed by atoms with Gasteiger partial charge in [-0.1, -0.05) is 12.1 Å². The second-order valence-electron chi connectivity index (χ2n) is 6.48. The third kappa shape index (κ3) is 4.47. The number of hydrogen-bond acceptors (Lipinski definition) is 5. The highest BCUT2D eigenvalue weighted by atomic mass is 19.1. The molecule has 3 rings (SSSR count). The smallest absolute Gasteiger partial charge is 0.270 e. The van der Waals surface area contributed by atoms with Crippen molar-refractivity contribution in [1.82, 2.24) is 5.32 Å². The van der Waals surface area contributed by atoms with Gasteiger partial charge in [0, 0.05) is 31.8 Å². The highest BCUT2D eigenvalue weighted by molar-refractivity contribution is 6.13. The van der Waals surface area contributed by atoms with E-state index in [9.17, 15) is 18.8 Å². The number of hydrogen-bond donors (Lipinski definition) is 2. The van der Waals surface area contributed by atoms with Crippen molar-refractivity contribution < 1.29 is 18.8 Å². The Morgan fingerprint density at radius 2 is 1.87 bits per heavy atom. The molecule has 7 nitrogen and oxygen atoms in total. The Morgan fingerprint density at radius 3 is 2.50 bits per heavy atom. The Hall–Kier alpha value is -4.12. The molecule has 2 aromatic rings. The molecule has 0 saturated heterocycles. The molecule has 1 aliphatic heterocycles. The number of aliphatic imine (C=N–C) groups is 1. The molecular weight excluding hydrogens is 387 g/mol. The van der Waals surface area contributed by atoms with Crippen molar-refractivity contribution in [2.75, 3.05) is 12.4 Å². The lowest BCUT2D eigenvalue weighted by molar-refractivity contribution is -0.118. The quantitative estimate of drug-likeness (QED) is 0.721. The van der Waals surface area contributed by atoms with E-state index in [0.717, 1.165) is 6.07 Å². The maximum Gasteiger partial charge on any atom is 0.270 e. The van der Waals surface area contributed by atoms with E-state index in [1.807, 2.05) is 6.07 Å². The van der Waals surface area contributed by atoms with Gasteiger partial charge >= 0.3 is 0 Å². The molecule has 0 atom stereocenters. The predicted octanol–water partition coefficient (Wildman–Crippen LogP) is 2.54. The molecule has 1 aliphatic rings. The molecule has 0 bridgehead atoms. The average molecular weight is 404 g/mol. The summed E-state index contributed by atoms with van der Waals surface area (Å²) in [5.41, 5.74) is 1.53. The van der Waals surface area contributed by atoms with Crippen LogP contribution >= 0.6 is 0 Å². The summed E-state index contributed by atoms with van der Waals surface area (Å²) in [6.07, 6.45) is 1.73. The first-order chi connectivity index (χ1) is 14.4. The van der Waals surface area contributed by atoms with Crippen molar-refractivity contribution in [3.63, 3.8) is 0 Å². The van der Waals surface area contributed by atoms with E-state index in [1.165, 1.54) is 25.4 Å². The van der Waals surface area contributed by atoms with Gasteiger partial charge in [0.15, 0.2) is 5.78 Å². The SMILES string of the molecule is CNC(=O)C1=C(C(=O)Nc2ccc(CC(=O)c3ccc(C#N)cc3F)cc2)CC=N1. The number of benzene rings is 2. The first-order valence-electron chi connectivity index (χ1n) is 9.04. The molecule has 150 valence electrons. The van der Waals surface area contributed by atoms with Crippen LogP contribution in [0.4, 0.5) is 10.1 Å². The first kappa shape index (κ1) is 20.6. The van der Waals surface area contributed by atoms with Crippen LogP contribution in [0.15, 0.2) is 58.7 Å². The van der Waals surface area contributed by atoms with Crippen molar-refractivity contribution >= 4 is 29.5 Å². The Bertz CT molecular complexity index is 1130. The summed E-state index contributed by atoms with van der Waals surface area (Å²) < 4.78 is 14.0. The third-order valence-electron chi connectivity index (χ3n) is 4.49. The van der Waals surface area contributed by atoms with Crippen LogP contribution < -0.4 is 10.6 Å². The van der Waals surface area contributed by atoms with Gasteiger partial charge in [0.05, 0.1) is 22.8 Å². The number of amides is 2. The lowest BCUT2D eigenvalue weighted by atomic mass is 10.0. The van der Waals surface area contributed by atoms with Gasteiger partial charge in [-0.05, 0) is 35.9 Å². The maximum atomic E-state index is 14.0. The molecule has 8 heteroatoms. The van der Waals surface area contributed by atoms with Gasteiger partial charge in [0.1, 0.15) is 11.5 Å². The summed E-state index contributed by atoms with van der Waals surface area (Å²) in [5.74, 6) is -2.02. The molecule has 0 aromatic heterocycles. The summed E-state index contributed by atoms with van der Waals surface area (Å²) >= 11 is 0. The molecule has 30 heavy (non-hydrogen) atoms. The highest BCUT2D eigenvalue weighted by Crippen LogP contribution is 2.20. The summed E-state index contributed by atoms with van der Waals surface area (Å²) in [6.45, 7) is 0. The molecule has 2 aromatic carbocycles. The van der Waals surface area contributed by atoms with Crippen molar-refractivity contribution in [3.8, 4) is 6.07 Å². The monoisotopic (exact) mass is 404 g/mol. The Labute approximate surface area is 171 Å². The van der Waals surface area contributed by atoms with Gasteiger partial charge in [0.2, 0.25) is 0 Å². The normalized spacial score (nSPS) is 12.4. The maximum absolute atomic E-state index is 14.0. The van der Waals surface area contributed by atoms with Gasteiger partial charge in [-0.15, -0.1) is 0 Å². The van der Waals surface area contributed by atoms with Crippen molar-refractivity contribution in [3.05, 3.63) is 76.2 Å². The fourth-order valence-electron chi connectivity index (χ4n) is 2.92. The van der Waals surface area contributed by atoms with Gasteiger partial charge < -0.3 is 10.6 Å². The summed E-state index contributed by atoms with van der Waals surface area (Å²) in [5, 5.41) is 13.9. The second-order valence-corrected chi connectivity index (χ2v) is 6.48. The van der Waals surface area contributed by atoms with Crippen LogP contribution in [-0.2, 0) is 16.0 Å². The van der Waals surface area contributed by atoms with Crippen LogP contribution in [-0.4, -0.2) is 30.9 Å². The van der Waals surface area contributed by atoms with Crippen LogP contribution in [0.2, 0.25) is 0 Å². The van der Waals surface area contributed by atoms with E-state index in [1.54, 1.807) is 24.3 Å². The molecule has 0 saturated carbocycles. The van der Waals surface area contributed by atoms with Crippen LogP contribution in [0.3, 0.4) is 0 Å². The summed E-state index contributed by atoms with van der Waals surface area (Å²) in [7, 11) is 1.46. The lowest BCUT2D eigenvalue weighted by Gasteiger charge is -2.08. The predicted molar refractivity (Wildman–Crippen MR) is 108 cm³/mol. The Morgan fingerprint density at radius 1 is 1.13 bits per heavy atom. The van der Waals surface area contributed by atoms with Gasteiger partial charge in [0.25, 0.3) is 11.8 Å². The van der Waals surface area contributed by atoms with Crippen LogP contribution in [0.25, 0.3) is 0 Å². The van der Waals surface area contributed by atoms with E-state index in [0.29, 0.717) is 11.3 Å². The van der Waals surface area contributed by atoms with E-state index in [-0.39, 0.29) is 35.2 Å². The number of anilines is 1. The lowest BCUT2D eigenvalue weighted by Crippen LogP contribution is -2.23. The van der Waals surface area contributed by atoms with Crippen LogP contribution in [0.1, 0.15) is 27.9 Å². The first-order valence-corrected chi connectivity index (χ1v) is 9.04. The number of nitriles is 1. The number of Topliss-reactive ketones (excluding diaryl/α,β-unsaturated/α-hetero) is 1. The van der Waals surface area contributed by atoms with E-state index in [4.69, 9.17) is 5.26 Å². The molecule has 0 unspecified atom stereocenters. The second kappa shape index (κ2) is 8.92. The van der Waals surface area contributed by atoms with E-state index < -0.39 is 23.4 Å². The number of rotatable bonds is 6. The number of nitrogens with zero attached hydrogens (tertiary/aromatic N) is 2. The summed E-state index contributed by atoms with van der Waals surface area (Å²) in [6, 6.07) is 12.1. The molecule has 0 radical (unpaired) electrons. The van der Waals surface area contributed by atoms with E-state index >= 15 is 0 Å². The van der Waals surface area contributed by atoms with Crippen molar-refractivity contribution in [2.45, 2.75) is 12.8 Å². The van der Waals surface area contributed by atoms with Crippen LogP contribution in [0.5, 0.6) is 0 Å². The third-order valence-corrected chi connectivity index (χ3v) is 4.49. The minimum absolute atomic E-state index is 0.0309. The molecule has 0 fully saturated rings. The fourth-order valence-corrected chi connectivity index (χ4v) is 2.92. The average Bonchev–Trinajstić information content (AvgIpc) is 3.24. The van der Waals surface area contributed by atoms with Gasteiger partial charge in [-0.3, -0.25) is 19.4 Å². The number of carbonyl (C=O) groups excluding carboxylic acids is 3. The number of carbonyl (C=O) groups is 3. The fraction of sp³-hybridized carbons (Fsp3) is 0.136. The van der Waals surface area contributed by atoms with Gasteiger partial charge in [-0.2, -0.15) is 5.26 Å².